The van der Waals surface area contributed by atoms with Crippen molar-refractivity contribution in [1.29, 1.82) is 0 Å². The van der Waals surface area contributed by atoms with Gasteiger partial charge in [0.05, 0.1) is 12.2 Å². The van der Waals surface area contributed by atoms with Gasteiger partial charge in [-0.3, -0.25) is 0 Å². The number of hydrogen-bond donors (Lipinski definition) is 1. The molecule has 0 aliphatic carbocycles. The van der Waals surface area contributed by atoms with E-state index >= 15 is 0 Å². The largest absolute Gasteiger partial charge is 0.478 e. The Morgan fingerprint density at radius 1 is 1.29 bits per heavy atom. The Morgan fingerprint density at radius 3 is 2.95 bits per heavy atom. The molecule has 2 unspecified atom stereocenters. The smallest absolute Gasteiger partial charge is 0.221 e. The molecule has 5 nitrogen and oxygen atoms in total. The van der Waals surface area contributed by atoms with Crippen LogP contribution >= 0.6 is 0 Å². The number of rotatable bonds is 4. The predicted octanol–water partition coefficient (Wildman–Crippen LogP) is 2.29. The lowest BCUT2D eigenvalue weighted by Gasteiger charge is -2.40. The molecule has 0 aromatic carbocycles. The number of ether oxygens (including phenoxy) is 1. The highest BCUT2D eigenvalue weighted by Gasteiger charge is 2.33. The summed E-state index contributed by atoms with van der Waals surface area (Å²) in [5, 5.41) is 3.67. The Morgan fingerprint density at radius 2 is 2.19 bits per heavy atom. The first-order chi connectivity index (χ1) is 10.3. The molecule has 5 heteroatoms. The van der Waals surface area contributed by atoms with Crippen LogP contribution in [0, 0.1) is 6.92 Å². The molecular formula is C16H26N4O. The summed E-state index contributed by atoms with van der Waals surface area (Å²) < 4.78 is 5.64. The first-order valence-electron chi connectivity index (χ1n) is 8.25. The van der Waals surface area contributed by atoms with E-state index in [1.54, 1.807) is 6.33 Å². The quantitative estimate of drug-likeness (QED) is 0.922. The van der Waals surface area contributed by atoms with Gasteiger partial charge < -0.3 is 15.0 Å². The molecule has 116 valence electrons. The second-order valence-electron chi connectivity index (χ2n) is 6.02. The number of hydrogen-bond acceptors (Lipinski definition) is 5. The fourth-order valence-electron chi connectivity index (χ4n) is 3.68. The number of piperidine rings is 1. The lowest BCUT2D eigenvalue weighted by molar-refractivity contribution is 0.322. The fraction of sp³-hybridized carbons (Fsp3) is 0.750. The van der Waals surface area contributed by atoms with Gasteiger partial charge in [0, 0.05) is 18.6 Å². The van der Waals surface area contributed by atoms with Crippen LogP contribution in [0.15, 0.2) is 6.33 Å². The first-order valence-corrected chi connectivity index (χ1v) is 8.25. The van der Waals surface area contributed by atoms with Crippen molar-refractivity contribution < 1.29 is 4.74 Å². The second-order valence-corrected chi connectivity index (χ2v) is 6.02. The molecule has 0 radical (unpaired) electrons. The lowest BCUT2D eigenvalue weighted by Crippen LogP contribution is -2.51. The van der Waals surface area contributed by atoms with Gasteiger partial charge in [-0.05, 0) is 52.5 Å². The van der Waals surface area contributed by atoms with Crippen molar-refractivity contribution in [3.8, 4) is 5.88 Å². The molecule has 0 amide bonds. The van der Waals surface area contributed by atoms with Gasteiger partial charge in [-0.15, -0.1) is 0 Å². The molecule has 1 aromatic rings. The van der Waals surface area contributed by atoms with E-state index in [1.807, 2.05) is 6.92 Å². The molecule has 0 bridgehead atoms. The van der Waals surface area contributed by atoms with E-state index in [2.05, 4.69) is 27.1 Å². The maximum Gasteiger partial charge on any atom is 0.221 e. The van der Waals surface area contributed by atoms with Crippen LogP contribution in [-0.2, 0) is 0 Å². The van der Waals surface area contributed by atoms with Crippen molar-refractivity contribution >= 4 is 5.82 Å². The third-order valence-electron chi connectivity index (χ3n) is 4.68. The average Bonchev–Trinajstić information content (AvgIpc) is 3.04. The van der Waals surface area contributed by atoms with Gasteiger partial charge in [0.25, 0.3) is 0 Å². The molecule has 1 aromatic heterocycles. The predicted molar refractivity (Wildman–Crippen MR) is 83.9 cm³/mol. The minimum atomic E-state index is 0.560. The Bertz CT molecular complexity index is 473. The summed E-state index contributed by atoms with van der Waals surface area (Å²) in [5.74, 6) is 1.79. The Labute approximate surface area is 127 Å². The standard InChI is InChI=1S/C16H26N4O/c1-3-21-16-12(2)15(18-11-19-16)20-10-5-4-8-14(20)13-7-6-9-17-13/h11,13-14,17H,3-10H2,1-2H3. The van der Waals surface area contributed by atoms with Crippen molar-refractivity contribution in [3.63, 3.8) is 0 Å². The van der Waals surface area contributed by atoms with Crippen LogP contribution in [0.5, 0.6) is 5.88 Å². The van der Waals surface area contributed by atoms with E-state index in [1.165, 1.54) is 32.1 Å². The van der Waals surface area contributed by atoms with Crippen LogP contribution in [0.3, 0.4) is 0 Å². The third kappa shape index (κ3) is 2.98. The minimum Gasteiger partial charge on any atom is -0.478 e. The van der Waals surface area contributed by atoms with Crippen molar-refractivity contribution in [2.45, 2.75) is 58.0 Å². The van der Waals surface area contributed by atoms with Gasteiger partial charge in [-0.25, -0.2) is 9.97 Å². The average molecular weight is 290 g/mol. The highest BCUT2D eigenvalue weighted by atomic mass is 16.5. The summed E-state index contributed by atoms with van der Waals surface area (Å²) in [7, 11) is 0. The van der Waals surface area contributed by atoms with Gasteiger partial charge >= 0.3 is 0 Å². The highest BCUT2D eigenvalue weighted by molar-refractivity contribution is 5.51. The van der Waals surface area contributed by atoms with E-state index < -0.39 is 0 Å². The minimum absolute atomic E-state index is 0.560. The second kappa shape index (κ2) is 6.60. The van der Waals surface area contributed by atoms with Gasteiger partial charge in [0.1, 0.15) is 12.1 Å². The van der Waals surface area contributed by atoms with Crippen LogP contribution in [-0.4, -0.2) is 41.7 Å². The molecular weight excluding hydrogens is 264 g/mol. The number of nitrogens with one attached hydrogen (secondary N) is 1. The van der Waals surface area contributed by atoms with E-state index in [9.17, 15) is 0 Å². The lowest BCUT2D eigenvalue weighted by atomic mass is 9.94. The molecule has 2 aliphatic rings. The number of aromatic nitrogens is 2. The SMILES string of the molecule is CCOc1ncnc(N2CCCCC2C2CCCN2)c1C. The summed E-state index contributed by atoms with van der Waals surface area (Å²) in [5.41, 5.74) is 1.07. The molecule has 2 saturated heterocycles. The van der Waals surface area contributed by atoms with Crippen LogP contribution in [0.25, 0.3) is 0 Å². The monoisotopic (exact) mass is 290 g/mol. The van der Waals surface area contributed by atoms with Gasteiger partial charge in [-0.1, -0.05) is 0 Å². The molecule has 2 fully saturated rings. The van der Waals surface area contributed by atoms with Crippen LogP contribution < -0.4 is 15.0 Å². The molecule has 0 saturated carbocycles. The first kappa shape index (κ1) is 14.6. The number of nitrogens with zero attached hydrogens (tertiary/aromatic N) is 3. The molecule has 3 heterocycles. The van der Waals surface area contributed by atoms with Crippen LogP contribution in [0.2, 0.25) is 0 Å². The van der Waals surface area contributed by atoms with E-state index in [0.29, 0.717) is 18.7 Å². The van der Waals surface area contributed by atoms with Crippen LogP contribution in [0.1, 0.15) is 44.6 Å². The van der Waals surface area contributed by atoms with E-state index in [4.69, 9.17) is 4.74 Å². The zero-order valence-corrected chi connectivity index (χ0v) is 13.1. The summed E-state index contributed by atoms with van der Waals surface area (Å²) in [4.78, 5) is 11.3. The molecule has 3 rings (SSSR count). The zero-order chi connectivity index (χ0) is 14.7. The van der Waals surface area contributed by atoms with E-state index in [-0.39, 0.29) is 0 Å². The van der Waals surface area contributed by atoms with Gasteiger partial charge in [-0.2, -0.15) is 0 Å². The molecule has 1 N–H and O–H groups in total. The van der Waals surface area contributed by atoms with Crippen molar-refractivity contribution in [3.05, 3.63) is 11.9 Å². The van der Waals surface area contributed by atoms with Crippen molar-refractivity contribution in [2.24, 2.45) is 0 Å². The molecule has 2 atom stereocenters. The summed E-state index contributed by atoms with van der Waals surface area (Å²) in [6, 6.07) is 1.17. The maximum atomic E-state index is 5.64. The van der Waals surface area contributed by atoms with E-state index in [0.717, 1.165) is 30.4 Å². The Balaban J connectivity index is 1.87. The summed E-state index contributed by atoms with van der Waals surface area (Å²) >= 11 is 0. The van der Waals surface area contributed by atoms with Gasteiger partial charge in [0.15, 0.2) is 0 Å². The summed E-state index contributed by atoms with van der Waals surface area (Å²) in [6.07, 6.45) is 8.04. The maximum absolute atomic E-state index is 5.64. The Kier molecular flexibility index (Phi) is 4.58. The number of anilines is 1. The Hall–Kier alpha value is -1.36. The topological polar surface area (TPSA) is 50.3 Å². The van der Waals surface area contributed by atoms with Crippen molar-refractivity contribution in [1.82, 2.24) is 15.3 Å². The fourth-order valence-corrected chi connectivity index (χ4v) is 3.68. The normalized spacial score (nSPS) is 26.1. The van der Waals surface area contributed by atoms with Gasteiger partial charge in [0.2, 0.25) is 5.88 Å². The highest BCUT2D eigenvalue weighted by Crippen LogP contribution is 2.32. The summed E-state index contributed by atoms with van der Waals surface area (Å²) in [6.45, 7) is 6.96. The molecule has 21 heavy (non-hydrogen) atoms. The molecule has 0 spiro atoms. The zero-order valence-electron chi connectivity index (χ0n) is 13.1. The molecule has 2 aliphatic heterocycles. The van der Waals surface area contributed by atoms with Crippen LogP contribution in [0.4, 0.5) is 5.82 Å². The van der Waals surface area contributed by atoms with Crippen molar-refractivity contribution in [2.75, 3.05) is 24.6 Å². The third-order valence-corrected chi connectivity index (χ3v) is 4.68.